The van der Waals surface area contributed by atoms with Gasteiger partial charge in [0, 0.05) is 32.4 Å². The van der Waals surface area contributed by atoms with E-state index >= 15 is 0 Å². The lowest BCUT2D eigenvalue weighted by Gasteiger charge is -2.32. The van der Waals surface area contributed by atoms with E-state index in [-0.39, 0.29) is 11.0 Å². The fourth-order valence-corrected chi connectivity index (χ4v) is 3.62. The molecule has 1 aromatic heterocycles. The van der Waals surface area contributed by atoms with Crippen LogP contribution in [0.25, 0.3) is 11.1 Å². The number of carbonyl (C=O) groups is 1. The van der Waals surface area contributed by atoms with Crippen LogP contribution in [-0.2, 0) is 22.8 Å². The standard InChI is InChI=1S/C20H16ClF4N3O7/c1-28-14(20(23,24)25)13(16(29)27-18(28)32)8-6-11(9(21)7-10(8)22)35-12-4-3-5-26-19(12,33)15(34-2)17(30)31/h4-7,15,33H,3H2,1-2H3,(H,30,31)(H,27,29,32). The van der Waals surface area contributed by atoms with E-state index in [1.54, 1.807) is 4.98 Å². The second-order valence-corrected chi connectivity index (χ2v) is 7.61. The molecule has 2 heterocycles. The SMILES string of the molecule is COC(C(=O)O)C1(O)N=CCC=C1Oc1cc(-c2c(C(F)(F)F)n(C)c(=O)[nH]c2=O)c(F)cc1Cl. The second kappa shape index (κ2) is 9.28. The highest BCUT2D eigenvalue weighted by atomic mass is 35.5. The van der Waals surface area contributed by atoms with Gasteiger partial charge in [0.2, 0.25) is 6.10 Å². The molecule has 10 nitrogen and oxygen atoms in total. The number of dihydropyridines is 1. The predicted octanol–water partition coefficient (Wildman–Crippen LogP) is 2.08. The van der Waals surface area contributed by atoms with Crippen LogP contribution in [0.4, 0.5) is 17.6 Å². The molecule has 0 aliphatic carbocycles. The molecule has 0 spiro atoms. The average molecular weight is 522 g/mol. The van der Waals surface area contributed by atoms with Crippen molar-refractivity contribution >= 4 is 23.8 Å². The molecule has 2 atom stereocenters. The zero-order valence-electron chi connectivity index (χ0n) is 17.8. The van der Waals surface area contributed by atoms with Gasteiger partial charge in [0.15, 0.2) is 5.76 Å². The monoisotopic (exact) mass is 521 g/mol. The third-order valence-electron chi connectivity index (χ3n) is 4.99. The number of rotatable bonds is 6. The number of halogens is 5. The number of H-pyrrole nitrogens is 1. The van der Waals surface area contributed by atoms with Crippen LogP contribution in [-0.4, -0.2) is 50.9 Å². The van der Waals surface area contributed by atoms with Gasteiger partial charge in [-0.3, -0.25) is 19.3 Å². The summed E-state index contributed by atoms with van der Waals surface area (Å²) in [5.74, 6) is -4.06. The average Bonchev–Trinajstić information content (AvgIpc) is 2.73. The van der Waals surface area contributed by atoms with Crippen molar-refractivity contribution < 1.29 is 42.0 Å². The van der Waals surface area contributed by atoms with Crippen LogP contribution in [0, 0.1) is 5.82 Å². The van der Waals surface area contributed by atoms with Crippen LogP contribution in [0.3, 0.4) is 0 Å². The molecular weight excluding hydrogens is 506 g/mol. The lowest BCUT2D eigenvalue weighted by molar-refractivity contribution is -0.164. The quantitative estimate of drug-likeness (QED) is 0.494. The first-order chi connectivity index (χ1) is 16.2. The predicted molar refractivity (Wildman–Crippen MR) is 113 cm³/mol. The number of nitrogens with zero attached hydrogens (tertiary/aromatic N) is 2. The maximum Gasteiger partial charge on any atom is 0.432 e. The number of aromatic nitrogens is 2. The van der Waals surface area contributed by atoms with E-state index in [1.165, 1.54) is 12.3 Å². The molecule has 2 unspecified atom stereocenters. The number of carboxylic acid groups (broad SMARTS) is 1. The van der Waals surface area contributed by atoms with E-state index in [0.717, 1.165) is 14.2 Å². The summed E-state index contributed by atoms with van der Waals surface area (Å²) in [5, 5.41) is 19.7. The summed E-state index contributed by atoms with van der Waals surface area (Å²) in [5.41, 5.74) is -9.42. The minimum atomic E-state index is -5.24. The summed E-state index contributed by atoms with van der Waals surface area (Å²) in [6.45, 7) is 0. The number of methoxy groups -OCH3 is 1. The summed E-state index contributed by atoms with van der Waals surface area (Å²) < 4.78 is 66.3. The van der Waals surface area contributed by atoms with Crippen LogP contribution >= 0.6 is 11.6 Å². The number of aliphatic carboxylic acids is 1. The van der Waals surface area contributed by atoms with E-state index in [2.05, 4.69) is 4.99 Å². The Balaban J connectivity index is 2.21. The Hall–Kier alpha value is -3.49. The molecule has 0 saturated heterocycles. The van der Waals surface area contributed by atoms with Gasteiger partial charge in [-0.25, -0.2) is 14.0 Å². The molecule has 35 heavy (non-hydrogen) atoms. The highest BCUT2D eigenvalue weighted by Crippen LogP contribution is 2.40. The van der Waals surface area contributed by atoms with Crippen molar-refractivity contribution in [3.63, 3.8) is 0 Å². The smallest absolute Gasteiger partial charge is 0.432 e. The van der Waals surface area contributed by atoms with E-state index in [0.29, 0.717) is 12.1 Å². The third-order valence-corrected chi connectivity index (χ3v) is 5.28. The van der Waals surface area contributed by atoms with Crippen LogP contribution in [0.15, 0.2) is 38.5 Å². The van der Waals surface area contributed by atoms with Gasteiger partial charge in [0.25, 0.3) is 11.3 Å². The summed E-state index contributed by atoms with van der Waals surface area (Å²) in [6, 6.07) is 1.19. The van der Waals surface area contributed by atoms with Crippen molar-refractivity contribution in [2.24, 2.45) is 12.0 Å². The molecule has 0 saturated carbocycles. The van der Waals surface area contributed by atoms with Gasteiger partial charge in [-0.15, -0.1) is 0 Å². The van der Waals surface area contributed by atoms with Crippen molar-refractivity contribution in [3.8, 4) is 16.9 Å². The van der Waals surface area contributed by atoms with Crippen molar-refractivity contribution in [1.82, 2.24) is 9.55 Å². The highest BCUT2D eigenvalue weighted by molar-refractivity contribution is 6.32. The van der Waals surface area contributed by atoms with E-state index in [1.807, 2.05) is 0 Å². The molecule has 1 aliphatic rings. The fraction of sp³-hybridized carbons (Fsp3) is 0.300. The number of nitrogens with one attached hydrogen (secondary N) is 1. The van der Waals surface area contributed by atoms with Crippen LogP contribution in [0.1, 0.15) is 12.1 Å². The molecule has 2 aromatic rings. The fourth-order valence-electron chi connectivity index (χ4n) is 3.44. The van der Waals surface area contributed by atoms with E-state index in [9.17, 15) is 42.2 Å². The molecule has 0 amide bonds. The number of carboxylic acids is 1. The number of hydrogen-bond donors (Lipinski definition) is 3. The number of aliphatic imine (C=N–C) groups is 1. The zero-order valence-corrected chi connectivity index (χ0v) is 18.6. The van der Waals surface area contributed by atoms with Gasteiger partial charge >= 0.3 is 17.8 Å². The lowest BCUT2D eigenvalue weighted by atomic mass is 10.0. The van der Waals surface area contributed by atoms with E-state index in [4.69, 9.17) is 21.1 Å². The van der Waals surface area contributed by atoms with Crippen molar-refractivity contribution in [1.29, 1.82) is 0 Å². The Morgan fingerprint density at radius 1 is 1.34 bits per heavy atom. The number of ether oxygens (including phenoxy) is 2. The summed E-state index contributed by atoms with van der Waals surface area (Å²) in [4.78, 5) is 41.0. The Morgan fingerprint density at radius 3 is 2.57 bits per heavy atom. The lowest BCUT2D eigenvalue weighted by Crippen LogP contribution is -2.50. The molecule has 3 N–H and O–H groups in total. The minimum absolute atomic E-state index is 0.0536. The first-order valence-corrected chi connectivity index (χ1v) is 9.90. The maximum atomic E-state index is 14.8. The van der Waals surface area contributed by atoms with E-state index < -0.39 is 74.4 Å². The normalized spacial score (nSPS) is 18.8. The summed E-state index contributed by atoms with van der Waals surface area (Å²) in [7, 11) is 1.71. The molecule has 0 bridgehead atoms. The minimum Gasteiger partial charge on any atom is -0.479 e. The van der Waals surface area contributed by atoms with Gasteiger partial charge in [-0.1, -0.05) is 11.6 Å². The first kappa shape index (κ1) is 26.1. The molecule has 1 aliphatic heterocycles. The number of benzene rings is 1. The number of alkyl halides is 3. The molecule has 15 heteroatoms. The van der Waals surface area contributed by atoms with Gasteiger partial charge in [-0.05, 0) is 18.2 Å². The number of aliphatic hydroxyl groups is 1. The molecule has 0 fully saturated rings. The molecular formula is C20H16ClF4N3O7. The van der Waals surface area contributed by atoms with Gasteiger partial charge in [0.1, 0.15) is 17.3 Å². The third kappa shape index (κ3) is 4.72. The van der Waals surface area contributed by atoms with Crippen LogP contribution in [0.5, 0.6) is 5.75 Å². The highest BCUT2D eigenvalue weighted by Gasteiger charge is 2.48. The number of aromatic amines is 1. The summed E-state index contributed by atoms with van der Waals surface area (Å²) >= 11 is 5.98. The van der Waals surface area contributed by atoms with Gasteiger partial charge < -0.3 is 19.7 Å². The molecule has 0 radical (unpaired) electrons. The number of hydrogen-bond acceptors (Lipinski definition) is 7. The summed E-state index contributed by atoms with van der Waals surface area (Å²) in [6.07, 6.45) is -4.79. The van der Waals surface area contributed by atoms with Crippen LogP contribution in [0.2, 0.25) is 5.02 Å². The van der Waals surface area contributed by atoms with Crippen molar-refractivity contribution in [2.75, 3.05) is 7.11 Å². The van der Waals surface area contributed by atoms with Gasteiger partial charge in [-0.2, -0.15) is 13.2 Å². The maximum absolute atomic E-state index is 14.8. The zero-order chi connectivity index (χ0) is 26.3. The second-order valence-electron chi connectivity index (χ2n) is 7.20. The Bertz CT molecular complexity index is 1370. The Morgan fingerprint density at radius 2 is 2.00 bits per heavy atom. The van der Waals surface area contributed by atoms with Gasteiger partial charge in [0.05, 0.1) is 10.6 Å². The Kier molecular flexibility index (Phi) is 6.93. The Labute approximate surface area is 197 Å². The topological polar surface area (TPSA) is 143 Å². The molecule has 188 valence electrons. The van der Waals surface area contributed by atoms with Crippen molar-refractivity contribution in [2.45, 2.75) is 24.4 Å². The van der Waals surface area contributed by atoms with Crippen molar-refractivity contribution in [3.05, 3.63) is 61.3 Å². The van der Waals surface area contributed by atoms with Crippen LogP contribution < -0.4 is 16.0 Å². The number of allylic oxidation sites excluding steroid dienone is 1. The molecule has 3 rings (SSSR count). The largest absolute Gasteiger partial charge is 0.479 e. The first-order valence-electron chi connectivity index (χ1n) is 9.52. The molecule has 1 aromatic carbocycles.